The predicted molar refractivity (Wildman–Crippen MR) is 81.4 cm³/mol. The van der Waals surface area contributed by atoms with Crippen LogP contribution in [-0.2, 0) is 9.63 Å². The highest BCUT2D eigenvalue weighted by atomic mass is 16.6. The number of rotatable bonds is 8. The number of hydrogen-bond donors (Lipinski definition) is 3. The maximum Gasteiger partial charge on any atom is 0.295 e. The number of para-hydroxylation sites is 2. The minimum Gasteiger partial charge on any atom is -0.289 e. The quantitative estimate of drug-likeness (QED) is 0.385. The van der Waals surface area contributed by atoms with E-state index in [-0.39, 0.29) is 12.1 Å². The number of amides is 2. The molecule has 0 fully saturated rings. The van der Waals surface area contributed by atoms with Gasteiger partial charge >= 0.3 is 0 Å². The smallest absolute Gasteiger partial charge is 0.289 e. The van der Waals surface area contributed by atoms with Crippen LogP contribution in [0.3, 0.4) is 0 Å². The molecule has 0 spiro atoms. The Labute approximate surface area is 132 Å². The molecule has 1 aromatic heterocycles. The maximum absolute atomic E-state index is 11.9. The number of aromatic nitrogens is 2. The number of hydroxylamine groups is 2. The molecule has 8 nitrogen and oxygen atoms in total. The van der Waals surface area contributed by atoms with Crippen molar-refractivity contribution in [2.45, 2.75) is 25.7 Å². The first-order chi connectivity index (χ1) is 11.2. The summed E-state index contributed by atoms with van der Waals surface area (Å²) >= 11 is 0. The molecular weight excluding hydrogens is 300 g/mol. The van der Waals surface area contributed by atoms with Crippen LogP contribution < -0.4 is 11.0 Å². The largest absolute Gasteiger partial charge is 0.295 e. The molecule has 23 heavy (non-hydrogen) atoms. The average Bonchev–Trinajstić information content (AvgIpc) is 2.60. The van der Waals surface area contributed by atoms with E-state index in [1.54, 1.807) is 11.5 Å². The Hall–Kier alpha value is -2.58. The minimum atomic E-state index is -0.456. The van der Waals surface area contributed by atoms with Gasteiger partial charge in [0.2, 0.25) is 5.91 Å². The van der Waals surface area contributed by atoms with Crippen molar-refractivity contribution in [1.82, 2.24) is 20.9 Å². The van der Waals surface area contributed by atoms with Crippen LogP contribution in [0.15, 0.2) is 30.5 Å². The van der Waals surface area contributed by atoms with Gasteiger partial charge in [-0.15, -0.1) is 0 Å². The Morgan fingerprint density at radius 2 is 1.91 bits per heavy atom. The second kappa shape index (κ2) is 8.76. The van der Waals surface area contributed by atoms with Gasteiger partial charge in [0.25, 0.3) is 5.91 Å². The number of benzene rings is 1. The van der Waals surface area contributed by atoms with E-state index in [1.807, 2.05) is 18.2 Å². The van der Waals surface area contributed by atoms with Gasteiger partial charge in [0.15, 0.2) is 0 Å². The van der Waals surface area contributed by atoms with Crippen molar-refractivity contribution >= 4 is 22.8 Å². The molecule has 0 aliphatic rings. The number of nitrogens with one attached hydrogen (secondary N) is 2. The van der Waals surface area contributed by atoms with Crippen LogP contribution in [0.25, 0.3) is 11.0 Å². The Kier molecular flexibility index (Phi) is 6.40. The number of carbonyl (C=O) groups is 2. The van der Waals surface area contributed by atoms with Gasteiger partial charge in [-0.2, -0.15) is 0 Å². The van der Waals surface area contributed by atoms with Gasteiger partial charge in [-0.1, -0.05) is 18.6 Å². The number of unbranched alkanes of at least 4 members (excludes halogenated alkanes) is 2. The van der Waals surface area contributed by atoms with Gasteiger partial charge < -0.3 is 0 Å². The molecule has 0 bridgehead atoms. The third-order valence-corrected chi connectivity index (χ3v) is 3.12. The van der Waals surface area contributed by atoms with Gasteiger partial charge in [0, 0.05) is 6.42 Å². The Morgan fingerprint density at radius 1 is 1.13 bits per heavy atom. The third kappa shape index (κ3) is 5.28. The molecule has 1 heterocycles. The summed E-state index contributed by atoms with van der Waals surface area (Å²) in [5.74, 6) is -0.864. The Balaban J connectivity index is 1.69. The zero-order valence-corrected chi connectivity index (χ0v) is 12.5. The summed E-state index contributed by atoms with van der Waals surface area (Å²) in [5.41, 5.74) is 5.43. The van der Waals surface area contributed by atoms with Crippen molar-refractivity contribution in [2.75, 3.05) is 6.61 Å². The van der Waals surface area contributed by atoms with Crippen LogP contribution in [0.5, 0.6) is 0 Å². The number of carbonyl (C=O) groups excluding carboxylic acids is 2. The van der Waals surface area contributed by atoms with Crippen LogP contribution in [0.2, 0.25) is 0 Å². The van der Waals surface area contributed by atoms with E-state index in [1.165, 1.54) is 6.20 Å². The van der Waals surface area contributed by atoms with Crippen molar-refractivity contribution in [3.63, 3.8) is 0 Å². The Morgan fingerprint density at radius 3 is 2.70 bits per heavy atom. The van der Waals surface area contributed by atoms with Crippen LogP contribution in [0.4, 0.5) is 0 Å². The summed E-state index contributed by atoms with van der Waals surface area (Å²) in [4.78, 5) is 36.1. The maximum atomic E-state index is 11.9. The zero-order valence-electron chi connectivity index (χ0n) is 12.5. The highest BCUT2D eigenvalue weighted by molar-refractivity contribution is 5.93. The highest BCUT2D eigenvalue weighted by Gasteiger charge is 2.08. The van der Waals surface area contributed by atoms with Crippen LogP contribution >= 0.6 is 0 Å². The molecule has 0 radical (unpaired) electrons. The van der Waals surface area contributed by atoms with E-state index in [4.69, 9.17) is 10.0 Å². The molecule has 2 aromatic rings. The summed E-state index contributed by atoms with van der Waals surface area (Å²) in [6.07, 6.45) is 3.73. The second-order valence-corrected chi connectivity index (χ2v) is 4.87. The van der Waals surface area contributed by atoms with E-state index in [9.17, 15) is 9.59 Å². The minimum absolute atomic E-state index is 0.184. The lowest BCUT2D eigenvalue weighted by atomic mass is 10.2. The zero-order chi connectivity index (χ0) is 16.5. The van der Waals surface area contributed by atoms with E-state index < -0.39 is 11.8 Å². The number of nitrogens with zero attached hydrogens (tertiary/aromatic N) is 2. The first-order valence-electron chi connectivity index (χ1n) is 7.27. The first-order valence-corrected chi connectivity index (χ1v) is 7.27. The fourth-order valence-electron chi connectivity index (χ4n) is 1.93. The van der Waals surface area contributed by atoms with Crippen molar-refractivity contribution in [3.05, 3.63) is 36.2 Å². The lowest BCUT2D eigenvalue weighted by Gasteiger charge is -2.06. The van der Waals surface area contributed by atoms with Crippen molar-refractivity contribution in [3.8, 4) is 0 Å². The summed E-state index contributed by atoms with van der Waals surface area (Å²) in [7, 11) is 0. The normalized spacial score (nSPS) is 10.5. The number of hydrogen-bond acceptors (Lipinski definition) is 6. The van der Waals surface area contributed by atoms with Crippen LogP contribution in [-0.4, -0.2) is 33.6 Å². The molecule has 0 atom stereocenters. The van der Waals surface area contributed by atoms with E-state index >= 15 is 0 Å². The molecule has 1 aromatic carbocycles. The topological polar surface area (TPSA) is 113 Å². The van der Waals surface area contributed by atoms with Crippen molar-refractivity contribution in [2.24, 2.45) is 0 Å². The third-order valence-electron chi connectivity index (χ3n) is 3.12. The molecule has 0 unspecified atom stereocenters. The predicted octanol–water partition coefficient (Wildman–Crippen LogP) is 1.36. The monoisotopic (exact) mass is 318 g/mol. The lowest BCUT2D eigenvalue weighted by Crippen LogP contribution is -2.25. The molecule has 0 aliphatic heterocycles. The molecule has 0 saturated carbocycles. The van der Waals surface area contributed by atoms with Crippen LogP contribution in [0, 0.1) is 0 Å². The fourth-order valence-corrected chi connectivity index (χ4v) is 1.93. The Bertz CT molecular complexity index is 677. The van der Waals surface area contributed by atoms with E-state index in [0.717, 1.165) is 11.9 Å². The van der Waals surface area contributed by atoms with Crippen molar-refractivity contribution < 1.29 is 19.6 Å². The standard InChI is InChI=1S/C15H18N4O4/c20-14(18-22)8-2-1-5-9-23-19-15(21)13-10-16-11-6-3-4-7-12(11)17-13/h3-4,6-7,10,22H,1-2,5,8-9H2,(H,18,20)(H,19,21). The summed E-state index contributed by atoms with van der Waals surface area (Å²) in [6.45, 7) is 0.327. The molecule has 0 aliphatic carbocycles. The summed E-state index contributed by atoms with van der Waals surface area (Å²) in [5, 5.41) is 8.33. The SMILES string of the molecule is O=C(CCCCCONC(=O)c1cnc2ccccc2n1)NO. The summed E-state index contributed by atoms with van der Waals surface area (Å²) in [6, 6.07) is 7.27. The highest BCUT2D eigenvalue weighted by Crippen LogP contribution is 2.08. The molecular formula is C15H18N4O4. The number of fused-ring (bicyclic) bond motifs is 1. The van der Waals surface area contributed by atoms with Gasteiger partial charge in [-0.25, -0.2) is 15.9 Å². The van der Waals surface area contributed by atoms with Gasteiger partial charge in [0.1, 0.15) is 5.69 Å². The van der Waals surface area contributed by atoms with Gasteiger partial charge in [-0.3, -0.25) is 24.6 Å². The molecule has 3 N–H and O–H groups in total. The molecule has 8 heteroatoms. The average molecular weight is 318 g/mol. The van der Waals surface area contributed by atoms with Crippen LogP contribution in [0.1, 0.15) is 36.2 Å². The van der Waals surface area contributed by atoms with Gasteiger partial charge in [-0.05, 0) is 25.0 Å². The molecule has 2 amide bonds. The molecule has 2 rings (SSSR count). The van der Waals surface area contributed by atoms with E-state index in [0.29, 0.717) is 25.0 Å². The summed E-state index contributed by atoms with van der Waals surface area (Å²) < 4.78 is 0. The van der Waals surface area contributed by atoms with E-state index in [2.05, 4.69) is 15.4 Å². The fraction of sp³-hybridized carbons (Fsp3) is 0.333. The second-order valence-electron chi connectivity index (χ2n) is 4.87. The lowest BCUT2D eigenvalue weighted by molar-refractivity contribution is -0.129. The molecule has 0 saturated heterocycles. The van der Waals surface area contributed by atoms with Gasteiger partial charge in [0.05, 0.1) is 23.8 Å². The molecule has 122 valence electrons. The van der Waals surface area contributed by atoms with Crippen molar-refractivity contribution in [1.29, 1.82) is 0 Å². The first kappa shape index (κ1) is 16.8.